The molecule has 2 aromatic rings. The largest absolute Gasteiger partial charge is 0.494 e. The monoisotopic (exact) mass is 277 g/mol. The molecule has 0 fully saturated rings. The second-order valence-electron chi connectivity index (χ2n) is 4.61. The molecule has 2 rings (SSSR count). The van der Waals surface area contributed by atoms with Gasteiger partial charge in [-0.3, -0.25) is 0 Å². The summed E-state index contributed by atoms with van der Waals surface area (Å²) in [6.45, 7) is 4.01. The molecule has 2 aromatic carbocycles. The van der Waals surface area contributed by atoms with Gasteiger partial charge in [0.05, 0.1) is 12.6 Å². The lowest BCUT2D eigenvalue weighted by atomic mass is 9.97. The van der Waals surface area contributed by atoms with Crippen LogP contribution in [0.25, 0.3) is 0 Å². The predicted molar refractivity (Wildman–Crippen MR) is 74.7 cm³/mol. The molecule has 0 aromatic heterocycles. The lowest BCUT2D eigenvalue weighted by Gasteiger charge is -2.15. The number of rotatable bonds is 4. The molecule has 0 saturated carbocycles. The lowest BCUT2D eigenvalue weighted by molar-refractivity contribution is 0.339. The highest BCUT2D eigenvalue weighted by Gasteiger charge is 2.16. The third-order valence-electron chi connectivity index (χ3n) is 3.14. The SMILES string of the molecule is CCOc1cccc(C(N)c2cc(C)c(F)cc2F)c1. The van der Waals surface area contributed by atoms with Crippen LogP contribution in [0.2, 0.25) is 0 Å². The molecule has 0 aliphatic rings. The van der Waals surface area contributed by atoms with Crippen LogP contribution >= 0.6 is 0 Å². The van der Waals surface area contributed by atoms with Gasteiger partial charge in [0.25, 0.3) is 0 Å². The van der Waals surface area contributed by atoms with Crippen molar-refractivity contribution in [2.45, 2.75) is 19.9 Å². The molecule has 20 heavy (non-hydrogen) atoms. The number of halogens is 2. The highest BCUT2D eigenvalue weighted by atomic mass is 19.1. The summed E-state index contributed by atoms with van der Waals surface area (Å²) < 4.78 is 32.5. The maximum Gasteiger partial charge on any atom is 0.131 e. The second kappa shape index (κ2) is 6.01. The first kappa shape index (κ1) is 14.5. The normalized spacial score (nSPS) is 12.2. The third-order valence-corrected chi connectivity index (χ3v) is 3.14. The summed E-state index contributed by atoms with van der Waals surface area (Å²) in [5.74, 6) is -0.524. The average molecular weight is 277 g/mol. The van der Waals surface area contributed by atoms with Gasteiger partial charge in [-0.15, -0.1) is 0 Å². The van der Waals surface area contributed by atoms with Gasteiger partial charge in [0, 0.05) is 11.6 Å². The average Bonchev–Trinajstić information content (AvgIpc) is 2.43. The van der Waals surface area contributed by atoms with Gasteiger partial charge in [0.1, 0.15) is 17.4 Å². The summed E-state index contributed by atoms with van der Waals surface area (Å²) >= 11 is 0. The fourth-order valence-electron chi connectivity index (χ4n) is 2.06. The van der Waals surface area contributed by atoms with Gasteiger partial charge >= 0.3 is 0 Å². The summed E-state index contributed by atoms with van der Waals surface area (Å²) in [7, 11) is 0. The molecule has 0 aliphatic heterocycles. The Balaban J connectivity index is 2.38. The maximum atomic E-state index is 13.9. The Hall–Kier alpha value is -1.94. The third kappa shape index (κ3) is 2.96. The van der Waals surface area contributed by atoms with Crippen LogP contribution in [0.15, 0.2) is 36.4 Å². The van der Waals surface area contributed by atoms with Crippen LogP contribution in [0.1, 0.15) is 29.7 Å². The Bertz CT molecular complexity index is 613. The maximum absolute atomic E-state index is 13.9. The van der Waals surface area contributed by atoms with E-state index in [1.165, 1.54) is 6.07 Å². The van der Waals surface area contributed by atoms with E-state index in [4.69, 9.17) is 10.5 Å². The Kier molecular flexibility index (Phi) is 4.35. The topological polar surface area (TPSA) is 35.2 Å². The fourth-order valence-corrected chi connectivity index (χ4v) is 2.06. The van der Waals surface area contributed by atoms with Crippen molar-refractivity contribution in [2.24, 2.45) is 5.73 Å². The van der Waals surface area contributed by atoms with Crippen molar-refractivity contribution in [2.75, 3.05) is 6.61 Å². The number of ether oxygens (including phenoxy) is 1. The van der Waals surface area contributed by atoms with Crippen LogP contribution in [0, 0.1) is 18.6 Å². The van der Waals surface area contributed by atoms with E-state index >= 15 is 0 Å². The lowest BCUT2D eigenvalue weighted by Crippen LogP contribution is -2.14. The van der Waals surface area contributed by atoms with Crippen molar-refractivity contribution < 1.29 is 13.5 Å². The molecule has 0 amide bonds. The van der Waals surface area contributed by atoms with Crippen LogP contribution < -0.4 is 10.5 Å². The van der Waals surface area contributed by atoms with Gasteiger partial charge in [-0.05, 0) is 43.2 Å². The molecule has 1 atom stereocenters. The Morgan fingerprint density at radius 1 is 1.15 bits per heavy atom. The van der Waals surface area contributed by atoms with Crippen molar-refractivity contribution in [3.8, 4) is 5.75 Å². The Morgan fingerprint density at radius 2 is 1.90 bits per heavy atom. The van der Waals surface area contributed by atoms with Gasteiger partial charge in [-0.25, -0.2) is 8.78 Å². The summed E-state index contributed by atoms with van der Waals surface area (Å²) in [6, 6.07) is 8.84. The number of hydrogen-bond donors (Lipinski definition) is 1. The van der Waals surface area contributed by atoms with E-state index in [1.807, 2.05) is 13.0 Å². The molecule has 0 saturated heterocycles. The quantitative estimate of drug-likeness (QED) is 0.924. The first-order chi connectivity index (χ1) is 9.52. The Labute approximate surface area is 117 Å². The van der Waals surface area contributed by atoms with E-state index < -0.39 is 17.7 Å². The zero-order valence-corrected chi connectivity index (χ0v) is 11.5. The van der Waals surface area contributed by atoms with E-state index in [1.54, 1.807) is 25.1 Å². The van der Waals surface area contributed by atoms with Gasteiger partial charge in [-0.2, -0.15) is 0 Å². The standard InChI is InChI=1S/C16H17F2NO/c1-3-20-12-6-4-5-11(8-12)16(19)13-7-10(2)14(17)9-15(13)18/h4-9,16H,3,19H2,1-2H3. The molecule has 4 heteroatoms. The van der Waals surface area contributed by atoms with Crippen molar-refractivity contribution in [1.82, 2.24) is 0 Å². The Morgan fingerprint density at radius 3 is 2.60 bits per heavy atom. The van der Waals surface area contributed by atoms with E-state index in [9.17, 15) is 8.78 Å². The van der Waals surface area contributed by atoms with Crippen molar-refractivity contribution in [3.63, 3.8) is 0 Å². The van der Waals surface area contributed by atoms with Crippen LogP contribution in [-0.2, 0) is 0 Å². The minimum atomic E-state index is -0.658. The minimum Gasteiger partial charge on any atom is -0.494 e. The van der Waals surface area contributed by atoms with E-state index in [0.717, 1.165) is 11.6 Å². The van der Waals surface area contributed by atoms with Gasteiger partial charge in [0.15, 0.2) is 0 Å². The summed E-state index contributed by atoms with van der Waals surface area (Å²) in [5.41, 5.74) is 7.45. The van der Waals surface area contributed by atoms with Crippen LogP contribution in [0.3, 0.4) is 0 Å². The summed E-state index contributed by atoms with van der Waals surface area (Å²) in [4.78, 5) is 0. The second-order valence-corrected chi connectivity index (χ2v) is 4.61. The molecule has 0 aliphatic carbocycles. The van der Waals surface area contributed by atoms with E-state index in [-0.39, 0.29) is 5.56 Å². The number of nitrogens with two attached hydrogens (primary N) is 1. The first-order valence-corrected chi connectivity index (χ1v) is 6.46. The minimum absolute atomic E-state index is 0.276. The van der Waals surface area contributed by atoms with Crippen molar-refractivity contribution in [3.05, 3.63) is 64.7 Å². The van der Waals surface area contributed by atoms with Crippen LogP contribution in [0.4, 0.5) is 8.78 Å². The fraction of sp³-hybridized carbons (Fsp3) is 0.250. The van der Waals surface area contributed by atoms with Crippen molar-refractivity contribution >= 4 is 0 Å². The highest BCUT2D eigenvalue weighted by Crippen LogP contribution is 2.26. The molecule has 0 spiro atoms. The molecule has 0 bridgehead atoms. The van der Waals surface area contributed by atoms with Crippen LogP contribution in [-0.4, -0.2) is 6.61 Å². The number of benzene rings is 2. The van der Waals surface area contributed by atoms with Gasteiger partial charge in [0.2, 0.25) is 0 Å². The zero-order valence-electron chi connectivity index (χ0n) is 11.5. The predicted octanol–water partition coefficient (Wildman–Crippen LogP) is 3.72. The van der Waals surface area contributed by atoms with E-state index in [2.05, 4.69) is 0 Å². The molecule has 2 nitrogen and oxygen atoms in total. The van der Waals surface area contributed by atoms with Crippen molar-refractivity contribution in [1.29, 1.82) is 0 Å². The van der Waals surface area contributed by atoms with Gasteiger partial charge < -0.3 is 10.5 Å². The smallest absolute Gasteiger partial charge is 0.131 e. The highest BCUT2D eigenvalue weighted by molar-refractivity contribution is 5.38. The molecular formula is C16H17F2NO. The number of hydrogen-bond acceptors (Lipinski definition) is 2. The molecule has 2 N–H and O–H groups in total. The first-order valence-electron chi connectivity index (χ1n) is 6.46. The molecular weight excluding hydrogens is 260 g/mol. The summed E-state index contributed by atoms with van der Waals surface area (Å²) in [5, 5.41) is 0. The molecule has 106 valence electrons. The molecule has 0 heterocycles. The zero-order chi connectivity index (χ0) is 14.7. The van der Waals surface area contributed by atoms with Crippen LogP contribution in [0.5, 0.6) is 5.75 Å². The number of aryl methyl sites for hydroxylation is 1. The molecule has 0 radical (unpaired) electrons. The molecule has 1 unspecified atom stereocenters. The summed E-state index contributed by atoms with van der Waals surface area (Å²) in [6.07, 6.45) is 0. The van der Waals surface area contributed by atoms with Gasteiger partial charge in [-0.1, -0.05) is 12.1 Å². The van der Waals surface area contributed by atoms with E-state index in [0.29, 0.717) is 17.9 Å².